The van der Waals surface area contributed by atoms with Gasteiger partial charge >= 0.3 is 0 Å². The Morgan fingerprint density at radius 2 is 2.33 bits per heavy atom. The molecular weight excluding hydrogens is 202 g/mol. The molecule has 0 spiro atoms. The fourth-order valence-corrected chi connectivity index (χ4v) is 2.18. The van der Waals surface area contributed by atoms with Gasteiger partial charge in [-0.2, -0.15) is 5.10 Å². The zero-order valence-corrected chi connectivity index (χ0v) is 8.49. The van der Waals surface area contributed by atoms with Crippen LogP contribution >= 0.6 is 0 Å². The van der Waals surface area contributed by atoms with Crippen molar-refractivity contribution in [2.45, 2.75) is 37.2 Å². The first-order valence-corrected chi connectivity index (χ1v) is 5.01. The van der Waals surface area contributed by atoms with Crippen molar-refractivity contribution in [1.29, 1.82) is 0 Å². The number of aromatic nitrogens is 2. The molecule has 0 bridgehead atoms. The summed E-state index contributed by atoms with van der Waals surface area (Å²) in [5.74, 6) is -3.10. The number of rotatable bonds is 1. The van der Waals surface area contributed by atoms with Crippen LogP contribution in [-0.2, 0) is 12.2 Å². The van der Waals surface area contributed by atoms with Gasteiger partial charge in [-0.25, -0.2) is 13.9 Å². The summed E-state index contributed by atoms with van der Waals surface area (Å²) in [5, 5.41) is 15.6. The van der Waals surface area contributed by atoms with Gasteiger partial charge in [-0.3, -0.25) is 4.68 Å². The molecule has 0 aromatic carbocycles. The SMILES string of the molecule is Cn1nccc1C1CCC(F)(F)CC1[O]. The van der Waals surface area contributed by atoms with Crippen molar-refractivity contribution in [1.82, 2.24) is 9.78 Å². The molecule has 83 valence electrons. The van der Waals surface area contributed by atoms with Crippen LogP contribution in [0.25, 0.3) is 0 Å². The fraction of sp³-hybridized carbons (Fsp3) is 0.700. The van der Waals surface area contributed by atoms with Crippen LogP contribution in [0.5, 0.6) is 0 Å². The first-order valence-electron chi connectivity index (χ1n) is 5.01. The van der Waals surface area contributed by atoms with Crippen LogP contribution in [0, 0.1) is 0 Å². The minimum Gasteiger partial charge on any atom is -0.272 e. The molecule has 2 unspecified atom stereocenters. The van der Waals surface area contributed by atoms with E-state index in [1.807, 2.05) is 0 Å². The highest BCUT2D eigenvalue weighted by Crippen LogP contribution is 2.41. The maximum absolute atomic E-state index is 12.9. The Hall–Kier alpha value is -0.970. The minimum absolute atomic E-state index is 0.193. The molecule has 1 saturated carbocycles. The molecule has 1 heterocycles. The largest absolute Gasteiger partial charge is 0.272 e. The second kappa shape index (κ2) is 3.56. The quantitative estimate of drug-likeness (QED) is 0.707. The van der Waals surface area contributed by atoms with Gasteiger partial charge in [0.1, 0.15) is 6.10 Å². The van der Waals surface area contributed by atoms with Crippen LogP contribution in [-0.4, -0.2) is 21.8 Å². The van der Waals surface area contributed by atoms with Crippen LogP contribution in [0.15, 0.2) is 12.3 Å². The van der Waals surface area contributed by atoms with Gasteiger partial charge in [0, 0.05) is 37.7 Å². The summed E-state index contributed by atoms with van der Waals surface area (Å²) in [6.07, 6.45) is -0.121. The molecule has 0 amide bonds. The summed E-state index contributed by atoms with van der Waals surface area (Å²) in [5.41, 5.74) is 0.769. The van der Waals surface area contributed by atoms with Gasteiger partial charge in [-0.15, -0.1) is 0 Å². The molecule has 0 N–H and O–H groups in total. The average molecular weight is 215 g/mol. The molecule has 0 saturated heterocycles. The number of halogens is 2. The summed E-state index contributed by atoms with van der Waals surface area (Å²) < 4.78 is 27.5. The van der Waals surface area contributed by atoms with Crippen LogP contribution < -0.4 is 0 Å². The lowest BCUT2D eigenvalue weighted by atomic mass is 9.82. The van der Waals surface area contributed by atoms with Crippen LogP contribution in [0.4, 0.5) is 8.78 Å². The van der Waals surface area contributed by atoms with Gasteiger partial charge in [-0.05, 0) is 12.5 Å². The third-order valence-corrected chi connectivity index (χ3v) is 3.01. The molecule has 1 aliphatic carbocycles. The van der Waals surface area contributed by atoms with Crippen LogP contribution in [0.2, 0.25) is 0 Å². The van der Waals surface area contributed by atoms with Crippen molar-refractivity contribution in [3.8, 4) is 0 Å². The first-order chi connectivity index (χ1) is 6.99. The molecule has 3 nitrogen and oxygen atoms in total. The van der Waals surface area contributed by atoms with Crippen molar-refractivity contribution in [2.24, 2.45) is 7.05 Å². The monoisotopic (exact) mass is 215 g/mol. The number of aryl methyl sites for hydroxylation is 1. The number of hydrogen-bond donors (Lipinski definition) is 0. The summed E-state index contributed by atoms with van der Waals surface area (Å²) in [6, 6.07) is 1.74. The number of nitrogens with zero attached hydrogens (tertiary/aromatic N) is 2. The van der Waals surface area contributed by atoms with E-state index in [0.717, 1.165) is 5.69 Å². The van der Waals surface area contributed by atoms with E-state index in [9.17, 15) is 13.9 Å². The van der Waals surface area contributed by atoms with E-state index in [1.165, 1.54) is 0 Å². The number of alkyl halides is 2. The average Bonchev–Trinajstić information content (AvgIpc) is 2.50. The second-order valence-corrected chi connectivity index (χ2v) is 4.12. The van der Waals surface area contributed by atoms with E-state index >= 15 is 0 Å². The van der Waals surface area contributed by atoms with Gasteiger partial charge in [0.25, 0.3) is 5.92 Å². The van der Waals surface area contributed by atoms with Crippen LogP contribution in [0.3, 0.4) is 0 Å². The Kier molecular flexibility index (Phi) is 2.50. The normalized spacial score (nSPS) is 30.4. The number of hydrogen-bond acceptors (Lipinski definition) is 1. The molecule has 2 atom stereocenters. The standard InChI is InChI=1S/C10H13F2N2O/c1-14-8(3-5-13-14)7-2-4-10(11,12)6-9(7)15/h3,5,7,9H,2,4,6H2,1H3. The molecule has 1 aliphatic rings. The van der Waals surface area contributed by atoms with E-state index in [2.05, 4.69) is 5.10 Å². The highest BCUT2D eigenvalue weighted by Gasteiger charge is 2.42. The summed E-state index contributed by atoms with van der Waals surface area (Å²) >= 11 is 0. The van der Waals surface area contributed by atoms with Crippen molar-refractivity contribution in [3.63, 3.8) is 0 Å². The highest BCUT2D eigenvalue weighted by atomic mass is 19.3. The lowest BCUT2D eigenvalue weighted by molar-refractivity contribution is -0.103. The van der Waals surface area contributed by atoms with Crippen molar-refractivity contribution < 1.29 is 13.9 Å². The zero-order valence-electron chi connectivity index (χ0n) is 8.49. The molecule has 5 heteroatoms. The van der Waals surface area contributed by atoms with Crippen molar-refractivity contribution in [3.05, 3.63) is 18.0 Å². The molecule has 1 aromatic heterocycles. The van der Waals surface area contributed by atoms with E-state index in [1.54, 1.807) is 24.0 Å². The van der Waals surface area contributed by atoms with E-state index in [4.69, 9.17) is 0 Å². The van der Waals surface area contributed by atoms with Gasteiger partial charge in [-0.1, -0.05) is 0 Å². The van der Waals surface area contributed by atoms with E-state index < -0.39 is 18.4 Å². The molecule has 2 rings (SSSR count). The Bertz CT molecular complexity index is 351. The molecule has 0 aliphatic heterocycles. The lowest BCUT2D eigenvalue weighted by Gasteiger charge is -2.31. The lowest BCUT2D eigenvalue weighted by Crippen LogP contribution is -2.34. The molecule has 1 radical (unpaired) electrons. The first kappa shape index (κ1) is 10.5. The predicted molar refractivity (Wildman–Crippen MR) is 49.2 cm³/mol. The molecule has 15 heavy (non-hydrogen) atoms. The maximum atomic E-state index is 12.9. The topological polar surface area (TPSA) is 37.7 Å². The van der Waals surface area contributed by atoms with E-state index in [-0.39, 0.29) is 18.8 Å². The van der Waals surface area contributed by atoms with Crippen molar-refractivity contribution >= 4 is 0 Å². The third kappa shape index (κ3) is 2.02. The Balaban J connectivity index is 2.16. The van der Waals surface area contributed by atoms with Gasteiger partial charge < -0.3 is 0 Å². The highest BCUT2D eigenvalue weighted by molar-refractivity contribution is 5.11. The Labute approximate surface area is 86.7 Å². The fourth-order valence-electron chi connectivity index (χ4n) is 2.18. The van der Waals surface area contributed by atoms with Gasteiger partial charge in [0.05, 0.1) is 0 Å². The molecular formula is C10H13F2N2O. The van der Waals surface area contributed by atoms with E-state index in [0.29, 0.717) is 0 Å². The summed E-state index contributed by atoms with van der Waals surface area (Å²) in [6.45, 7) is 0. The summed E-state index contributed by atoms with van der Waals surface area (Å²) in [4.78, 5) is 0. The predicted octanol–water partition coefficient (Wildman–Crippen LogP) is 2.12. The smallest absolute Gasteiger partial charge is 0.250 e. The Morgan fingerprint density at radius 3 is 2.87 bits per heavy atom. The third-order valence-electron chi connectivity index (χ3n) is 3.01. The zero-order chi connectivity index (χ0) is 11.1. The van der Waals surface area contributed by atoms with Crippen LogP contribution in [0.1, 0.15) is 30.9 Å². The second-order valence-electron chi connectivity index (χ2n) is 4.12. The Morgan fingerprint density at radius 1 is 1.60 bits per heavy atom. The molecule has 1 fully saturated rings. The molecule has 1 aromatic rings. The maximum Gasteiger partial charge on any atom is 0.250 e. The van der Waals surface area contributed by atoms with Gasteiger partial charge in [0.15, 0.2) is 0 Å². The van der Waals surface area contributed by atoms with Crippen molar-refractivity contribution in [2.75, 3.05) is 0 Å². The minimum atomic E-state index is -2.78. The van der Waals surface area contributed by atoms with Gasteiger partial charge in [0.2, 0.25) is 0 Å². The summed E-state index contributed by atoms with van der Waals surface area (Å²) in [7, 11) is 1.73.